The third kappa shape index (κ3) is 3.17. The lowest BCUT2D eigenvalue weighted by atomic mass is 10.0. The predicted molar refractivity (Wildman–Crippen MR) is 64.9 cm³/mol. The molecule has 1 atom stereocenters. The van der Waals surface area contributed by atoms with Crippen LogP contribution in [0.15, 0.2) is 23.9 Å². The third-order valence-corrected chi connectivity index (χ3v) is 2.36. The highest BCUT2D eigenvalue weighted by Gasteiger charge is 2.10. The first-order valence-electron chi connectivity index (χ1n) is 5.30. The van der Waals surface area contributed by atoms with Crippen molar-refractivity contribution in [3.63, 3.8) is 0 Å². The number of pyridine rings is 1. The fourth-order valence-corrected chi connectivity index (χ4v) is 1.68. The average molecular weight is 204 g/mol. The summed E-state index contributed by atoms with van der Waals surface area (Å²) in [6, 6.07) is 2.39. The molecule has 0 aromatic carbocycles. The molecule has 2 heteroatoms. The number of nitrogens with zero attached hydrogens (tertiary/aromatic N) is 1. The Morgan fingerprint density at radius 2 is 2.07 bits per heavy atom. The molecule has 0 aliphatic heterocycles. The van der Waals surface area contributed by atoms with Crippen LogP contribution in [0.5, 0.6) is 0 Å². The smallest absolute Gasteiger partial charge is 0.0683 e. The summed E-state index contributed by atoms with van der Waals surface area (Å²) in [6.07, 6.45) is 4.12. The Balaban J connectivity index is 3.07. The van der Waals surface area contributed by atoms with Crippen molar-refractivity contribution in [1.29, 1.82) is 0 Å². The Morgan fingerprint density at radius 3 is 2.53 bits per heavy atom. The number of hydrogen-bond acceptors (Lipinski definition) is 2. The fraction of sp³-hybridized carbons (Fsp3) is 0.462. The zero-order valence-corrected chi connectivity index (χ0v) is 10.3. The van der Waals surface area contributed by atoms with Crippen molar-refractivity contribution in [1.82, 2.24) is 10.3 Å². The molecule has 0 amide bonds. The van der Waals surface area contributed by atoms with Crippen LogP contribution in [0.2, 0.25) is 0 Å². The summed E-state index contributed by atoms with van der Waals surface area (Å²) in [4.78, 5) is 4.49. The minimum atomic E-state index is 0.218. The van der Waals surface area contributed by atoms with Crippen molar-refractivity contribution < 1.29 is 0 Å². The minimum Gasteiger partial charge on any atom is -0.309 e. The Bertz CT molecular complexity index is 363. The summed E-state index contributed by atoms with van der Waals surface area (Å²) < 4.78 is 0. The summed E-state index contributed by atoms with van der Waals surface area (Å²) in [7, 11) is 1.96. The first-order chi connectivity index (χ1) is 7.04. The summed E-state index contributed by atoms with van der Waals surface area (Å²) in [6.45, 7) is 8.39. The van der Waals surface area contributed by atoms with Gasteiger partial charge in [-0.05, 0) is 45.9 Å². The van der Waals surface area contributed by atoms with Gasteiger partial charge >= 0.3 is 0 Å². The number of hydrogen-bond donors (Lipinski definition) is 1. The Labute approximate surface area is 92.4 Å². The van der Waals surface area contributed by atoms with Gasteiger partial charge < -0.3 is 5.32 Å². The van der Waals surface area contributed by atoms with E-state index in [0.29, 0.717) is 0 Å². The third-order valence-electron chi connectivity index (χ3n) is 2.36. The average Bonchev–Trinajstić information content (AvgIpc) is 2.14. The van der Waals surface area contributed by atoms with Crippen LogP contribution in [-0.2, 0) is 0 Å². The highest BCUT2D eigenvalue weighted by molar-refractivity contribution is 5.28. The maximum atomic E-state index is 4.49. The highest BCUT2D eigenvalue weighted by atomic mass is 14.9. The van der Waals surface area contributed by atoms with Gasteiger partial charge in [-0.3, -0.25) is 4.98 Å². The van der Waals surface area contributed by atoms with Crippen LogP contribution in [0.1, 0.15) is 36.7 Å². The van der Waals surface area contributed by atoms with Crippen molar-refractivity contribution >= 4 is 0 Å². The lowest BCUT2D eigenvalue weighted by molar-refractivity contribution is 0.682. The largest absolute Gasteiger partial charge is 0.309 e. The van der Waals surface area contributed by atoms with Gasteiger partial charge in [0.05, 0.1) is 11.7 Å². The zero-order valence-electron chi connectivity index (χ0n) is 10.3. The van der Waals surface area contributed by atoms with E-state index in [1.54, 1.807) is 0 Å². The molecular weight excluding hydrogens is 184 g/mol. The van der Waals surface area contributed by atoms with Gasteiger partial charge in [-0.1, -0.05) is 17.7 Å². The van der Waals surface area contributed by atoms with Crippen LogP contribution in [0.3, 0.4) is 0 Å². The second kappa shape index (κ2) is 5.08. The normalized spacial score (nSPS) is 12.3. The van der Waals surface area contributed by atoms with E-state index in [1.165, 1.54) is 16.7 Å². The molecular formula is C13H20N2. The van der Waals surface area contributed by atoms with Gasteiger partial charge in [-0.15, -0.1) is 0 Å². The van der Waals surface area contributed by atoms with E-state index in [9.17, 15) is 0 Å². The van der Waals surface area contributed by atoms with Crippen molar-refractivity contribution in [3.05, 3.63) is 40.7 Å². The molecule has 0 saturated heterocycles. The Kier molecular flexibility index (Phi) is 4.04. The van der Waals surface area contributed by atoms with E-state index in [2.05, 4.69) is 50.1 Å². The minimum absolute atomic E-state index is 0.218. The van der Waals surface area contributed by atoms with Crippen molar-refractivity contribution in [2.75, 3.05) is 7.05 Å². The molecule has 82 valence electrons. The van der Waals surface area contributed by atoms with Crippen molar-refractivity contribution in [2.24, 2.45) is 0 Å². The van der Waals surface area contributed by atoms with Gasteiger partial charge in [0.1, 0.15) is 0 Å². The maximum absolute atomic E-state index is 4.49. The molecule has 1 unspecified atom stereocenters. The number of rotatable bonds is 3. The quantitative estimate of drug-likeness (QED) is 0.766. The molecule has 1 rings (SSSR count). The number of likely N-dealkylation sites (N-methyl/N-ethyl adjacent to an activating group) is 1. The van der Waals surface area contributed by atoms with E-state index in [1.807, 2.05) is 13.2 Å². The summed E-state index contributed by atoms with van der Waals surface area (Å²) >= 11 is 0. The molecule has 0 spiro atoms. The molecule has 2 nitrogen and oxygen atoms in total. The van der Waals surface area contributed by atoms with Crippen molar-refractivity contribution in [3.8, 4) is 0 Å². The van der Waals surface area contributed by atoms with E-state index in [-0.39, 0.29) is 6.04 Å². The molecule has 0 aliphatic carbocycles. The van der Waals surface area contributed by atoms with Gasteiger partial charge in [0.25, 0.3) is 0 Å². The first kappa shape index (κ1) is 11.9. The summed E-state index contributed by atoms with van der Waals surface area (Å²) in [5.74, 6) is 0. The van der Waals surface area contributed by atoms with Crippen LogP contribution in [0.25, 0.3) is 0 Å². The van der Waals surface area contributed by atoms with Crippen LogP contribution < -0.4 is 5.32 Å². The van der Waals surface area contributed by atoms with Crippen molar-refractivity contribution in [2.45, 2.75) is 33.7 Å². The van der Waals surface area contributed by atoms with Gasteiger partial charge in [-0.2, -0.15) is 0 Å². The standard InChI is InChI=1S/C13H20N2/c1-9(2)6-12(14-5)13-11(4)7-10(3)8-15-13/h6-8,12,14H,1-5H3. The Morgan fingerprint density at radius 1 is 1.40 bits per heavy atom. The van der Waals surface area contributed by atoms with Gasteiger partial charge in [0, 0.05) is 6.20 Å². The lowest BCUT2D eigenvalue weighted by Crippen LogP contribution is -2.17. The topological polar surface area (TPSA) is 24.9 Å². The molecule has 1 heterocycles. The van der Waals surface area contributed by atoms with Crippen LogP contribution >= 0.6 is 0 Å². The molecule has 15 heavy (non-hydrogen) atoms. The van der Waals surface area contributed by atoms with E-state index in [4.69, 9.17) is 0 Å². The predicted octanol–water partition coefficient (Wildman–Crippen LogP) is 2.93. The number of aromatic nitrogens is 1. The van der Waals surface area contributed by atoms with Gasteiger partial charge in [-0.25, -0.2) is 0 Å². The summed E-state index contributed by atoms with van der Waals surface area (Å²) in [5, 5.41) is 3.27. The molecule has 1 aromatic heterocycles. The van der Waals surface area contributed by atoms with Crippen LogP contribution in [-0.4, -0.2) is 12.0 Å². The lowest BCUT2D eigenvalue weighted by Gasteiger charge is -2.15. The Hall–Kier alpha value is -1.15. The second-order valence-corrected chi connectivity index (χ2v) is 4.23. The molecule has 0 saturated carbocycles. The number of allylic oxidation sites excluding steroid dienone is 1. The maximum Gasteiger partial charge on any atom is 0.0683 e. The van der Waals surface area contributed by atoms with Crippen LogP contribution in [0, 0.1) is 13.8 Å². The number of nitrogens with one attached hydrogen (secondary N) is 1. The highest BCUT2D eigenvalue weighted by Crippen LogP contribution is 2.18. The van der Waals surface area contributed by atoms with E-state index < -0.39 is 0 Å². The molecule has 0 fully saturated rings. The van der Waals surface area contributed by atoms with Gasteiger partial charge in [0.15, 0.2) is 0 Å². The summed E-state index contributed by atoms with van der Waals surface area (Å²) in [5.41, 5.74) is 4.87. The van der Waals surface area contributed by atoms with E-state index in [0.717, 1.165) is 5.69 Å². The first-order valence-corrected chi connectivity index (χ1v) is 5.30. The molecule has 1 aromatic rings. The fourth-order valence-electron chi connectivity index (χ4n) is 1.68. The number of aryl methyl sites for hydroxylation is 2. The zero-order chi connectivity index (χ0) is 11.4. The molecule has 1 N–H and O–H groups in total. The molecule has 0 radical (unpaired) electrons. The molecule has 0 aliphatic rings. The SMILES string of the molecule is CNC(C=C(C)C)c1ncc(C)cc1C. The van der Waals surface area contributed by atoms with E-state index >= 15 is 0 Å². The van der Waals surface area contributed by atoms with Gasteiger partial charge in [0.2, 0.25) is 0 Å². The van der Waals surface area contributed by atoms with Crippen LogP contribution in [0.4, 0.5) is 0 Å². The second-order valence-electron chi connectivity index (χ2n) is 4.23. The molecule has 0 bridgehead atoms. The monoisotopic (exact) mass is 204 g/mol.